The van der Waals surface area contributed by atoms with E-state index in [-0.39, 0.29) is 18.3 Å². The van der Waals surface area contributed by atoms with Gasteiger partial charge in [-0.15, -0.1) is 0 Å². The summed E-state index contributed by atoms with van der Waals surface area (Å²) in [6.07, 6.45) is 3.50. The van der Waals surface area contributed by atoms with E-state index in [1.807, 2.05) is 4.90 Å². The van der Waals surface area contributed by atoms with Gasteiger partial charge in [0.2, 0.25) is 0 Å². The maximum atomic E-state index is 12.6. The van der Waals surface area contributed by atoms with Gasteiger partial charge in [-0.05, 0) is 50.3 Å². The average Bonchev–Trinajstić information content (AvgIpc) is 3.36. The van der Waals surface area contributed by atoms with E-state index in [0.717, 1.165) is 25.1 Å². The highest BCUT2D eigenvalue weighted by molar-refractivity contribution is 5.94. The number of rotatable bonds is 5. The topological polar surface area (TPSA) is 75.3 Å². The standard InChI is InChI=1S/C19H21N3O3/c1-12(23)14-3-2-4-17(8-14)25-11-15-9-18(21-20-15)19(24)22-10-13-5-6-16(22)7-13/h2-4,8-9,13,16H,5-7,10-11H2,1H3,(H,20,21)/t13-,16-/m0/s1. The quantitative estimate of drug-likeness (QED) is 0.850. The lowest BCUT2D eigenvalue weighted by atomic mass is 10.1. The van der Waals surface area contributed by atoms with Gasteiger partial charge >= 0.3 is 0 Å². The first-order chi connectivity index (χ1) is 12.1. The summed E-state index contributed by atoms with van der Waals surface area (Å²) in [5, 5.41) is 7.02. The molecule has 6 nitrogen and oxygen atoms in total. The van der Waals surface area contributed by atoms with Gasteiger partial charge in [-0.25, -0.2) is 0 Å². The molecule has 25 heavy (non-hydrogen) atoms. The molecular weight excluding hydrogens is 318 g/mol. The van der Waals surface area contributed by atoms with E-state index in [2.05, 4.69) is 10.2 Å². The normalized spacial score (nSPS) is 21.6. The zero-order chi connectivity index (χ0) is 17.4. The maximum Gasteiger partial charge on any atom is 0.274 e. The lowest BCUT2D eigenvalue weighted by Gasteiger charge is -2.26. The van der Waals surface area contributed by atoms with E-state index in [1.54, 1.807) is 30.3 Å². The fourth-order valence-electron chi connectivity index (χ4n) is 3.83. The summed E-state index contributed by atoms with van der Waals surface area (Å²) in [6.45, 7) is 2.66. The van der Waals surface area contributed by atoms with Crippen LogP contribution in [0.25, 0.3) is 0 Å². The van der Waals surface area contributed by atoms with Crippen LogP contribution in [0.15, 0.2) is 30.3 Å². The van der Waals surface area contributed by atoms with Crippen LogP contribution in [-0.4, -0.2) is 39.4 Å². The highest BCUT2D eigenvalue weighted by Gasteiger charge is 2.40. The SMILES string of the molecule is CC(=O)c1cccc(OCc2cc(C(=O)N3C[C@H]4CC[C@H]3C4)n[nH]2)c1. The number of piperidine rings is 1. The monoisotopic (exact) mass is 339 g/mol. The van der Waals surface area contributed by atoms with Crippen LogP contribution in [-0.2, 0) is 6.61 Å². The third kappa shape index (κ3) is 3.16. The van der Waals surface area contributed by atoms with Crippen molar-refractivity contribution < 1.29 is 14.3 Å². The van der Waals surface area contributed by atoms with Crippen molar-refractivity contribution >= 4 is 11.7 Å². The van der Waals surface area contributed by atoms with Crippen molar-refractivity contribution in [3.05, 3.63) is 47.3 Å². The third-order valence-electron chi connectivity index (χ3n) is 5.16. The number of fused-ring (bicyclic) bond motifs is 2. The van der Waals surface area contributed by atoms with Crippen molar-refractivity contribution in [3.63, 3.8) is 0 Å². The molecular formula is C19H21N3O3. The first-order valence-electron chi connectivity index (χ1n) is 8.69. The van der Waals surface area contributed by atoms with E-state index in [1.165, 1.54) is 13.3 Å². The molecule has 130 valence electrons. The Morgan fingerprint density at radius 2 is 2.20 bits per heavy atom. The molecule has 1 amide bonds. The molecule has 0 unspecified atom stereocenters. The predicted octanol–water partition coefficient (Wildman–Crippen LogP) is 2.82. The molecule has 1 N–H and O–H groups in total. The fourth-order valence-corrected chi connectivity index (χ4v) is 3.83. The second-order valence-electron chi connectivity index (χ2n) is 6.94. The molecule has 0 radical (unpaired) electrons. The molecule has 1 aliphatic carbocycles. The summed E-state index contributed by atoms with van der Waals surface area (Å²) in [5.41, 5.74) is 1.80. The van der Waals surface area contributed by atoms with E-state index in [9.17, 15) is 9.59 Å². The Hall–Kier alpha value is -2.63. The number of ketones is 1. The first-order valence-corrected chi connectivity index (χ1v) is 8.69. The highest BCUT2D eigenvalue weighted by atomic mass is 16.5. The third-order valence-corrected chi connectivity index (χ3v) is 5.16. The Labute approximate surface area is 146 Å². The van der Waals surface area contributed by atoms with Crippen molar-refractivity contribution in [1.82, 2.24) is 15.1 Å². The second-order valence-corrected chi connectivity index (χ2v) is 6.94. The number of nitrogens with zero attached hydrogens (tertiary/aromatic N) is 2. The molecule has 2 bridgehead atoms. The molecule has 2 atom stereocenters. The zero-order valence-electron chi connectivity index (χ0n) is 14.2. The van der Waals surface area contributed by atoms with Crippen LogP contribution in [0.3, 0.4) is 0 Å². The lowest BCUT2D eigenvalue weighted by molar-refractivity contribution is 0.0697. The molecule has 0 spiro atoms. The molecule has 2 aliphatic rings. The smallest absolute Gasteiger partial charge is 0.274 e. The summed E-state index contributed by atoms with van der Waals surface area (Å²) >= 11 is 0. The predicted molar refractivity (Wildman–Crippen MR) is 91.5 cm³/mol. The van der Waals surface area contributed by atoms with Crippen LogP contribution in [0.4, 0.5) is 0 Å². The molecule has 1 saturated heterocycles. The number of hydrogen-bond donors (Lipinski definition) is 1. The van der Waals surface area contributed by atoms with Crippen LogP contribution in [0.5, 0.6) is 5.75 Å². The van der Waals surface area contributed by atoms with E-state index in [4.69, 9.17) is 4.74 Å². The minimum atomic E-state index is -0.000199. The Balaban J connectivity index is 1.39. The number of hydrogen-bond acceptors (Lipinski definition) is 4. The van der Waals surface area contributed by atoms with Gasteiger partial charge in [0, 0.05) is 18.2 Å². The molecule has 6 heteroatoms. The number of benzene rings is 1. The van der Waals surface area contributed by atoms with Gasteiger partial charge in [-0.3, -0.25) is 14.7 Å². The summed E-state index contributed by atoms with van der Waals surface area (Å²) in [7, 11) is 0. The Bertz CT molecular complexity index is 814. The van der Waals surface area contributed by atoms with Crippen molar-refractivity contribution in [2.75, 3.05) is 6.54 Å². The van der Waals surface area contributed by atoms with Crippen LogP contribution in [0, 0.1) is 5.92 Å². The molecule has 2 aromatic rings. The number of Topliss-reactive ketones (excluding diaryl/α,β-unsaturated/α-hetero) is 1. The molecule has 4 rings (SSSR count). The highest BCUT2D eigenvalue weighted by Crippen LogP contribution is 2.37. The van der Waals surface area contributed by atoms with Crippen LogP contribution >= 0.6 is 0 Å². The van der Waals surface area contributed by atoms with Crippen molar-refractivity contribution in [2.24, 2.45) is 5.92 Å². The van der Waals surface area contributed by atoms with Crippen LogP contribution in [0.1, 0.15) is 52.7 Å². The second kappa shape index (κ2) is 6.35. The number of amides is 1. The lowest BCUT2D eigenvalue weighted by Crippen LogP contribution is -2.37. The number of carbonyl (C=O) groups is 2. The van der Waals surface area contributed by atoms with Crippen molar-refractivity contribution in [3.8, 4) is 5.75 Å². The van der Waals surface area contributed by atoms with E-state index >= 15 is 0 Å². The number of H-pyrrole nitrogens is 1. The maximum absolute atomic E-state index is 12.6. The summed E-state index contributed by atoms with van der Waals surface area (Å²) in [4.78, 5) is 26.0. The number of aromatic amines is 1. The largest absolute Gasteiger partial charge is 0.487 e. The fraction of sp³-hybridized carbons (Fsp3) is 0.421. The Morgan fingerprint density at radius 1 is 1.32 bits per heavy atom. The van der Waals surface area contributed by atoms with Gasteiger partial charge in [0.05, 0.1) is 5.69 Å². The minimum Gasteiger partial charge on any atom is -0.487 e. The minimum absolute atomic E-state index is 0.000199. The van der Waals surface area contributed by atoms with Crippen molar-refractivity contribution in [1.29, 1.82) is 0 Å². The zero-order valence-corrected chi connectivity index (χ0v) is 14.2. The van der Waals surface area contributed by atoms with Gasteiger partial charge in [0.15, 0.2) is 11.5 Å². The summed E-state index contributed by atoms with van der Waals surface area (Å²) in [6, 6.07) is 9.20. The Kier molecular flexibility index (Phi) is 4.03. The van der Waals surface area contributed by atoms with Gasteiger partial charge in [-0.2, -0.15) is 5.10 Å². The number of nitrogens with one attached hydrogen (secondary N) is 1. The Morgan fingerprint density at radius 3 is 2.92 bits per heavy atom. The number of likely N-dealkylation sites (tertiary alicyclic amines) is 1. The molecule has 1 aromatic heterocycles. The van der Waals surface area contributed by atoms with Gasteiger partial charge in [-0.1, -0.05) is 12.1 Å². The molecule has 1 saturated carbocycles. The van der Waals surface area contributed by atoms with E-state index in [0.29, 0.717) is 29.0 Å². The average molecular weight is 339 g/mol. The van der Waals surface area contributed by atoms with Gasteiger partial charge in [0.25, 0.3) is 5.91 Å². The van der Waals surface area contributed by atoms with Crippen LogP contribution in [0.2, 0.25) is 0 Å². The molecule has 2 fully saturated rings. The van der Waals surface area contributed by atoms with Gasteiger partial charge < -0.3 is 9.64 Å². The molecule has 1 aromatic carbocycles. The number of carbonyl (C=O) groups excluding carboxylic acids is 2. The summed E-state index contributed by atoms with van der Waals surface area (Å²) in [5.74, 6) is 1.30. The first kappa shape index (κ1) is 15.9. The number of ether oxygens (including phenoxy) is 1. The van der Waals surface area contributed by atoms with E-state index < -0.39 is 0 Å². The number of aromatic nitrogens is 2. The molecule has 2 heterocycles. The van der Waals surface area contributed by atoms with Crippen molar-refractivity contribution in [2.45, 2.75) is 38.8 Å². The van der Waals surface area contributed by atoms with Crippen LogP contribution < -0.4 is 4.74 Å². The molecule has 1 aliphatic heterocycles. The summed E-state index contributed by atoms with van der Waals surface area (Å²) < 4.78 is 5.70. The van der Waals surface area contributed by atoms with Gasteiger partial charge in [0.1, 0.15) is 12.4 Å².